The molecule has 2 nitrogen and oxygen atoms in total. The van der Waals surface area contributed by atoms with Gasteiger partial charge < -0.3 is 10.1 Å². The van der Waals surface area contributed by atoms with Crippen LogP contribution in [0.5, 0.6) is 0 Å². The molecule has 2 aromatic heterocycles. The molecule has 0 unspecified atom stereocenters. The molecule has 0 saturated carbocycles. The van der Waals surface area contributed by atoms with Crippen LogP contribution >= 0.6 is 0 Å². The molecule has 0 atom stereocenters. The summed E-state index contributed by atoms with van der Waals surface area (Å²) in [6.45, 7) is 7.45. The average molecular weight is 216 g/mol. The molecule has 0 aliphatic rings. The van der Waals surface area contributed by atoms with Crippen LogP contribution < -0.4 is 5.73 Å². The fraction of sp³-hybridized carbons (Fsp3) is 0.429. The number of pyridine rings is 1. The molecule has 0 aromatic carbocycles. The molecule has 0 bridgehead atoms. The van der Waals surface area contributed by atoms with Crippen molar-refractivity contribution in [2.24, 2.45) is 5.73 Å². The summed E-state index contributed by atoms with van der Waals surface area (Å²) < 4.78 is 2.26. The summed E-state index contributed by atoms with van der Waals surface area (Å²) in [6.07, 6.45) is 3.06. The maximum absolute atomic E-state index is 5.71. The van der Waals surface area contributed by atoms with E-state index in [9.17, 15) is 0 Å². The summed E-state index contributed by atoms with van der Waals surface area (Å²) >= 11 is 0. The molecule has 2 N–H and O–H groups in total. The van der Waals surface area contributed by atoms with Crippen LogP contribution in [0.4, 0.5) is 0 Å². The monoisotopic (exact) mass is 216 g/mol. The van der Waals surface area contributed by atoms with Crippen molar-refractivity contribution >= 4 is 5.52 Å². The third-order valence-electron chi connectivity index (χ3n) is 2.97. The highest BCUT2D eigenvalue weighted by atomic mass is 14.9. The predicted octanol–water partition coefficient (Wildman–Crippen LogP) is 2.74. The minimum atomic E-state index is 0.177. The quantitative estimate of drug-likeness (QED) is 0.822. The van der Waals surface area contributed by atoms with Gasteiger partial charge in [-0.1, -0.05) is 26.8 Å². The molecule has 0 fully saturated rings. The molecule has 16 heavy (non-hydrogen) atoms. The maximum Gasteiger partial charge on any atom is 0.0455 e. The Morgan fingerprint density at radius 1 is 1.25 bits per heavy atom. The molecular formula is C14H20N2. The Morgan fingerprint density at radius 3 is 2.62 bits per heavy atom. The van der Waals surface area contributed by atoms with Crippen molar-refractivity contribution in [1.29, 1.82) is 0 Å². The molecule has 2 aromatic rings. The lowest BCUT2D eigenvalue weighted by atomic mass is 9.86. The van der Waals surface area contributed by atoms with Crippen molar-refractivity contribution in [2.75, 3.05) is 6.54 Å². The maximum atomic E-state index is 5.71. The first kappa shape index (κ1) is 11.2. The van der Waals surface area contributed by atoms with Crippen LogP contribution in [0, 0.1) is 0 Å². The highest BCUT2D eigenvalue weighted by Crippen LogP contribution is 2.29. The number of nitrogens with zero attached hydrogens (tertiary/aromatic N) is 1. The average Bonchev–Trinajstić information content (AvgIpc) is 2.58. The van der Waals surface area contributed by atoms with Crippen LogP contribution in [0.3, 0.4) is 0 Å². The lowest BCUT2D eigenvalue weighted by Gasteiger charge is -2.19. The van der Waals surface area contributed by atoms with E-state index in [1.165, 1.54) is 16.8 Å². The van der Waals surface area contributed by atoms with E-state index < -0.39 is 0 Å². The SMILES string of the molecule is CC(C)(C)c1cc2ccccn2c1CCN. The molecule has 2 heteroatoms. The molecule has 0 aliphatic heterocycles. The lowest BCUT2D eigenvalue weighted by molar-refractivity contribution is 0.581. The first-order chi connectivity index (χ1) is 7.54. The Bertz CT molecular complexity index is 489. The fourth-order valence-corrected chi connectivity index (χ4v) is 2.22. The van der Waals surface area contributed by atoms with Gasteiger partial charge in [0.25, 0.3) is 0 Å². The lowest BCUT2D eigenvalue weighted by Crippen LogP contribution is -2.15. The number of hydrogen-bond donors (Lipinski definition) is 1. The number of hydrogen-bond acceptors (Lipinski definition) is 1. The van der Waals surface area contributed by atoms with E-state index in [-0.39, 0.29) is 5.41 Å². The van der Waals surface area contributed by atoms with Crippen LogP contribution in [0.2, 0.25) is 0 Å². The van der Waals surface area contributed by atoms with Crippen LogP contribution in [-0.2, 0) is 11.8 Å². The van der Waals surface area contributed by atoms with Gasteiger partial charge in [0.15, 0.2) is 0 Å². The van der Waals surface area contributed by atoms with Crippen LogP contribution in [0.25, 0.3) is 5.52 Å². The van der Waals surface area contributed by atoms with Gasteiger partial charge in [-0.05, 0) is 35.7 Å². The highest BCUT2D eigenvalue weighted by Gasteiger charge is 2.20. The van der Waals surface area contributed by atoms with Gasteiger partial charge in [-0.25, -0.2) is 0 Å². The third-order valence-corrected chi connectivity index (χ3v) is 2.97. The molecule has 0 spiro atoms. The summed E-state index contributed by atoms with van der Waals surface area (Å²) in [5, 5.41) is 0. The third kappa shape index (κ3) is 1.85. The first-order valence-electron chi connectivity index (χ1n) is 5.83. The standard InChI is InChI=1S/C14H20N2/c1-14(2,3)12-10-11-6-4-5-9-16(11)13(12)7-8-15/h4-6,9-10H,7-8,15H2,1-3H3. The zero-order valence-electron chi connectivity index (χ0n) is 10.3. The smallest absolute Gasteiger partial charge is 0.0455 e. The Morgan fingerprint density at radius 2 is 2.00 bits per heavy atom. The molecule has 2 heterocycles. The summed E-state index contributed by atoms with van der Waals surface area (Å²) in [7, 11) is 0. The fourth-order valence-electron chi connectivity index (χ4n) is 2.22. The summed E-state index contributed by atoms with van der Waals surface area (Å²) in [5.41, 5.74) is 9.91. The second-order valence-electron chi connectivity index (χ2n) is 5.29. The van der Waals surface area contributed by atoms with Gasteiger partial charge in [-0.3, -0.25) is 0 Å². The molecule has 0 aliphatic carbocycles. The second kappa shape index (κ2) is 3.95. The van der Waals surface area contributed by atoms with E-state index in [1.807, 2.05) is 0 Å². The zero-order chi connectivity index (χ0) is 11.8. The van der Waals surface area contributed by atoms with Gasteiger partial charge in [0.1, 0.15) is 0 Å². The van der Waals surface area contributed by atoms with Gasteiger partial charge in [-0.2, -0.15) is 0 Å². The number of rotatable bonds is 2. The van der Waals surface area contributed by atoms with Crippen LogP contribution in [0.15, 0.2) is 30.5 Å². The van der Waals surface area contributed by atoms with Gasteiger partial charge in [0, 0.05) is 23.8 Å². The zero-order valence-corrected chi connectivity index (χ0v) is 10.3. The van der Waals surface area contributed by atoms with Crippen molar-refractivity contribution in [1.82, 2.24) is 4.40 Å². The molecule has 0 amide bonds. The van der Waals surface area contributed by atoms with E-state index in [0.717, 1.165) is 6.42 Å². The Kier molecular flexibility index (Phi) is 2.76. The molecular weight excluding hydrogens is 196 g/mol. The molecule has 86 valence electrons. The Labute approximate surface area is 97.1 Å². The van der Waals surface area contributed by atoms with E-state index >= 15 is 0 Å². The van der Waals surface area contributed by atoms with Crippen LogP contribution in [0.1, 0.15) is 32.0 Å². The normalized spacial score (nSPS) is 12.2. The van der Waals surface area contributed by atoms with Crippen molar-refractivity contribution < 1.29 is 0 Å². The first-order valence-corrected chi connectivity index (χ1v) is 5.83. The summed E-state index contributed by atoms with van der Waals surface area (Å²) in [4.78, 5) is 0. The van der Waals surface area contributed by atoms with Gasteiger partial charge in [-0.15, -0.1) is 0 Å². The van der Waals surface area contributed by atoms with Gasteiger partial charge >= 0.3 is 0 Å². The van der Waals surface area contributed by atoms with E-state index in [4.69, 9.17) is 5.73 Å². The van der Waals surface area contributed by atoms with Crippen molar-refractivity contribution in [2.45, 2.75) is 32.6 Å². The van der Waals surface area contributed by atoms with E-state index in [0.29, 0.717) is 6.54 Å². The minimum absolute atomic E-state index is 0.177. The van der Waals surface area contributed by atoms with Crippen molar-refractivity contribution in [3.63, 3.8) is 0 Å². The van der Waals surface area contributed by atoms with Crippen LogP contribution in [-0.4, -0.2) is 10.9 Å². The summed E-state index contributed by atoms with van der Waals surface area (Å²) in [5.74, 6) is 0. The second-order valence-corrected chi connectivity index (χ2v) is 5.29. The largest absolute Gasteiger partial charge is 0.330 e. The summed E-state index contributed by atoms with van der Waals surface area (Å²) in [6, 6.07) is 8.58. The highest BCUT2D eigenvalue weighted by molar-refractivity contribution is 5.55. The number of fused-ring (bicyclic) bond motifs is 1. The predicted molar refractivity (Wildman–Crippen MR) is 68.9 cm³/mol. The van der Waals surface area contributed by atoms with Crippen molar-refractivity contribution in [3.05, 3.63) is 41.7 Å². The minimum Gasteiger partial charge on any atom is -0.330 e. The molecule has 2 rings (SSSR count). The number of aromatic nitrogens is 1. The van der Waals surface area contributed by atoms with E-state index in [2.05, 4.69) is 55.6 Å². The van der Waals surface area contributed by atoms with Gasteiger partial charge in [0.2, 0.25) is 0 Å². The Hall–Kier alpha value is -1.28. The topological polar surface area (TPSA) is 30.4 Å². The van der Waals surface area contributed by atoms with E-state index in [1.54, 1.807) is 0 Å². The molecule has 0 radical (unpaired) electrons. The Balaban J connectivity index is 2.68. The number of nitrogens with two attached hydrogens (primary N) is 1. The molecule has 0 saturated heterocycles. The van der Waals surface area contributed by atoms with Gasteiger partial charge in [0.05, 0.1) is 0 Å². The van der Waals surface area contributed by atoms with Crippen molar-refractivity contribution in [3.8, 4) is 0 Å².